The van der Waals surface area contributed by atoms with Crippen molar-refractivity contribution in [3.05, 3.63) is 29.3 Å². The minimum Gasteiger partial charge on any atom is -0.398 e. The Morgan fingerprint density at radius 2 is 0.963 bits per heavy atom. The summed E-state index contributed by atoms with van der Waals surface area (Å²) in [4.78, 5) is 4.68. The maximum Gasteiger partial charge on any atom is 0.0701 e. The number of nitrogen functional groups attached to an aromatic ring is 1. The zero-order valence-corrected chi connectivity index (χ0v) is 16.2. The van der Waals surface area contributed by atoms with Crippen LogP contribution in [0, 0.1) is 0 Å². The average Bonchev–Trinajstić information content (AvgIpc) is 2.67. The van der Waals surface area contributed by atoms with Crippen LogP contribution < -0.4 is 5.73 Å². The molecule has 0 atom stereocenters. The maximum atomic E-state index is 6.54. The molecule has 7 heteroatoms. The van der Waals surface area contributed by atoms with Crippen LogP contribution in [0.1, 0.15) is 11.1 Å². The molecule has 0 aromatic heterocycles. The van der Waals surface area contributed by atoms with E-state index in [-0.39, 0.29) is 0 Å². The molecule has 2 heterocycles. The summed E-state index contributed by atoms with van der Waals surface area (Å²) in [5.74, 6) is 0. The summed E-state index contributed by atoms with van der Waals surface area (Å²) in [5, 5.41) is 0. The highest BCUT2D eigenvalue weighted by Crippen LogP contribution is 2.21. The highest BCUT2D eigenvalue weighted by molar-refractivity contribution is 5.53. The normalized spacial score (nSPS) is 27.0. The average molecular weight is 380 g/mol. The molecule has 0 unspecified atom stereocenters. The van der Waals surface area contributed by atoms with Gasteiger partial charge in [-0.05, 0) is 11.1 Å². The van der Waals surface area contributed by atoms with Crippen molar-refractivity contribution in [2.45, 2.75) is 13.1 Å². The van der Waals surface area contributed by atoms with Crippen LogP contribution in [0.4, 0.5) is 5.69 Å². The molecule has 0 aliphatic carbocycles. The highest BCUT2D eigenvalue weighted by atomic mass is 16.5. The first-order valence-electron chi connectivity index (χ1n) is 9.95. The Hall–Kier alpha value is -1.22. The van der Waals surface area contributed by atoms with Crippen LogP contribution in [0.2, 0.25) is 0 Å². The first-order valence-corrected chi connectivity index (χ1v) is 9.95. The van der Waals surface area contributed by atoms with Crippen molar-refractivity contribution < 1.29 is 18.9 Å². The van der Waals surface area contributed by atoms with Gasteiger partial charge in [0.2, 0.25) is 0 Å². The lowest BCUT2D eigenvalue weighted by molar-refractivity contribution is 0.00664. The molecule has 4 bridgehead atoms. The molecule has 0 radical (unpaired) electrons. The van der Waals surface area contributed by atoms with Gasteiger partial charge in [-0.1, -0.05) is 18.2 Å². The number of hydrogen-bond donors (Lipinski definition) is 1. The van der Waals surface area contributed by atoms with Gasteiger partial charge < -0.3 is 24.7 Å². The van der Waals surface area contributed by atoms with E-state index in [0.29, 0.717) is 52.9 Å². The second-order valence-corrected chi connectivity index (χ2v) is 6.99. The van der Waals surface area contributed by atoms with Gasteiger partial charge in [-0.3, -0.25) is 9.80 Å². The number of nitrogens with zero attached hydrogens (tertiary/aromatic N) is 2. The Balaban J connectivity index is 1.82. The number of fused-ring (bicyclic) bond motifs is 2. The SMILES string of the molecule is Nc1c2cccc1CN1CCOCCOCCN(CCOCCOCC1)C2. The van der Waals surface area contributed by atoms with Gasteiger partial charge in [-0.15, -0.1) is 0 Å². The van der Waals surface area contributed by atoms with E-state index in [1.807, 2.05) is 0 Å². The number of nitrogens with two attached hydrogens (primary N) is 1. The third-order valence-electron chi connectivity index (χ3n) is 5.03. The van der Waals surface area contributed by atoms with Crippen molar-refractivity contribution in [1.82, 2.24) is 9.80 Å². The Kier molecular flexibility index (Phi) is 8.80. The number of para-hydroxylation sites is 1. The lowest BCUT2D eigenvalue weighted by Gasteiger charge is -2.25. The monoisotopic (exact) mass is 379 g/mol. The fourth-order valence-corrected chi connectivity index (χ4v) is 3.38. The fraction of sp³-hybridized carbons (Fsp3) is 0.700. The minimum absolute atomic E-state index is 0.628. The predicted molar refractivity (Wildman–Crippen MR) is 105 cm³/mol. The molecule has 2 aliphatic heterocycles. The molecule has 7 nitrogen and oxygen atoms in total. The first-order chi connectivity index (χ1) is 13.3. The van der Waals surface area contributed by atoms with Crippen molar-refractivity contribution in [3.63, 3.8) is 0 Å². The second kappa shape index (κ2) is 11.6. The summed E-state index contributed by atoms with van der Waals surface area (Å²) in [5.41, 5.74) is 9.77. The molecule has 1 aromatic carbocycles. The molecule has 2 aliphatic rings. The van der Waals surface area contributed by atoms with Crippen molar-refractivity contribution in [2.75, 3.05) is 84.8 Å². The van der Waals surface area contributed by atoms with Gasteiger partial charge in [0.15, 0.2) is 0 Å². The van der Waals surface area contributed by atoms with E-state index in [0.717, 1.165) is 45.0 Å². The van der Waals surface area contributed by atoms with E-state index < -0.39 is 0 Å². The minimum atomic E-state index is 0.628. The molecule has 152 valence electrons. The van der Waals surface area contributed by atoms with Crippen LogP contribution in [0.5, 0.6) is 0 Å². The van der Waals surface area contributed by atoms with E-state index in [1.54, 1.807) is 0 Å². The summed E-state index contributed by atoms with van der Waals surface area (Å²) in [7, 11) is 0. The Bertz CT molecular complexity index is 494. The van der Waals surface area contributed by atoms with E-state index >= 15 is 0 Å². The van der Waals surface area contributed by atoms with Gasteiger partial charge in [0, 0.05) is 45.0 Å². The maximum absolute atomic E-state index is 6.54. The molecule has 27 heavy (non-hydrogen) atoms. The van der Waals surface area contributed by atoms with Gasteiger partial charge in [-0.2, -0.15) is 0 Å². The van der Waals surface area contributed by atoms with Crippen molar-refractivity contribution in [1.29, 1.82) is 0 Å². The zero-order chi connectivity index (χ0) is 18.7. The fourth-order valence-electron chi connectivity index (χ4n) is 3.38. The summed E-state index contributed by atoms with van der Waals surface area (Å²) >= 11 is 0. The Labute approximate surface area is 162 Å². The number of rotatable bonds is 0. The molecular weight excluding hydrogens is 346 g/mol. The van der Waals surface area contributed by atoms with Crippen LogP contribution in [0.15, 0.2) is 18.2 Å². The zero-order valence-electron chi connectivity index (χ0n) is 16.2. The standard InChI is InChI=1S/C20H33N3O4/c21-20-18-2-1-3-19(20)17-23-6-10-26-14-12-24-8-4-22(16-18)5-9-25-13-15-27-11-7-23/h1-3H,4-17,21H2. The molecule has 2 N–H and O–H groups in total. The number of benzene rings is 1. The lowest BCUT2D eigenvalue weighted by Crippen LogP contribution is -2.32. The molecule has 0 saturated carbocycles. The van der Waals surface area contributed by atoms with Crippen LogP contribution in [-0.2, 0) is 32.0 Å². The van der Waals surface area contributed by atoms with Crippen molar-refractivity contribution in [3.8, 4) is 0 Å². The van der Waals surface area contributed by atoms with E-state index in [2.05, 4.69) is 28.0 Å². The first kappa shape index (κ1) is 20.5. The van der Waals surface area contributed by atoms with Crippen molar-refractivity contribution in [2.24, 2.45) is 0 Å². The summed E-state index contributed by atoms with van der Waals surface area (Å²) < 4.78 is 23.0. The molecule has 0 saturated heterocycles. The molecular formula is C20H33N3O4. The van der Waals surface area contributed by atoms with E-state index in [4.69, 9.17) is 24.7 Å². The van der Waals surface area contributed by atoms with E-state index in [9.17, 15) is 0 Å². The third-order valence-corrected chi connectivity index (χ3v) is 5.03. The van der Waals surface area contributed by atoms with Crippen molar-refractivity contribution >= 4 is 5.69 Å². The molecule has 0 spiro atoms. The van der Waals surface area contributed by atoms with Gasteiger partial charge in [-0.25, -0.2) is 0 Å². The predicted octanol–water partition coefficient (Wildman–Crippen LogP) is 0.966. The smallest absolute Gasteiger partial charge is 0.0701 e. The molecule has 0 amide bonds. The number of ether oxygens (including phenoxy) is 4. The van der Waals surface area contributed by atoms with Crippen LogP contribution in [-0.4, -0.2) is 88.8 Å². The summed E-state index contributed by atoms with van der Waals surface area (Å²) in [6.07, 6.45) is 0. The highest BCUT2D eigenvalue weighted by Gasteiger charge is 2.14. The summed E-state index contributed by atoms with van der Waals surface area (Å²) in [6, 6.07) is 6.36. The molecule has 0 fully saturated rings. The van der Waals surface area contributed by atoms with Crippen LogP contribution in [0.3, 0.4) is 0 Å². The summed E-state index contributed by atoms with van der Waals surface area (Å²) in [6.45, 7) is 10.2. The van der Waals surface area contributed by atoms with Crippen LogP contribution in [0.25, 0.3) is 0 Å². The van der Waals surface area contributed by atoms with Gasteiger partial charge >= 0.3 is 0 Å². The lowest BCUT2D eigenvalue weighted by atomic mass is 10.1. The number of anilines is 1. The van der Waals surface area contributed by atoms with Gasteiger partial charge in [0.1, 0.15) is 0 Å². The topological polar surface area (TPSA) is 69.4 Å². The second-order valence-electron chi connectivity index (χ2n) is 6.99. The quantitative estimate of drug-likeness (QED) is 0.674. The molecule has 3 rings (SSSR count). The van der Waals surface area contributed by atoms with Crippen LogP contribution >= 0.6 is 0 Å². The Morgan fingerprint density at radius 1 is 0.593 bits per heavy atom. The molecule has 1 aromatic rings. The third kappa shape index (κ3) is 7.03. The number of hydrogen-bond acceptors (Lipinski definition) is 7. The Morgan fingerprint density at radius 3 is 1.33 bits per heavy atom. The van der Waals surface area contributed by atoms with Gasteiger partial charge in [0.05, 0.1) is 52.9 Å². The van der Waals surface area contributed by atoms with Gasteiger partial charge in [0.25, 0.3) is 0 Å². The largest absolute Gasteiger partial charge is 0.398 e. The van der Waals surface area contributed by atoms with E-state index in [1.165, 1.54) is 11.1 Å².